The molecule has 3 unspecified atom stereocenters. The standard InChI is InChI=1S/C11H17N3O3S/c1-2-17-10-6-9(12)11(10)14-18(15,16)8-4-3-5-13-7-8/h3-5,7,9-11,14H,2,6,12H2,1H3. The summed E-state index contributed by atoms with van der Waals surface area (Å²) in [5.74, 6) is 0. The molecule has 0 aliphatic heterocycles. The van der Waals surface area contributed by atoms with Crippen LogP contribution in [0.25, 0.3) is 0 Å². The predicted octanol–water partition coefficient (Wildman–Crippen LogP) is -0.135. The van der Waals surface area contributed by atoms with Gasteiger partial charge >= 0.3 is 0 Å². The van der Waals surface area contributed by atoms with Crippen molar-refractivity contribution < 1.29 is 13.2 Å². The van der Waals surface area contributed by atoms with Gasteiger partial charge in [-0.1, -0.05) is 0 Å². The summed E-state index contributed by atoms with van der Waals surface area (Å²) in [6.45, 7) is 2.42. The molecule has 0 aromatic carbocycles. The van der Waals surface area contributed by atoms with Crippen LogP contribution in [-0.2, 0) is 14.8 Å². The van der Waals surface area contributed by atoms with Crippen molar-refractivity contribution in [2.45, 2.75) is 36.4 Å². The van der Waals surface area contributed by atoms with Gasteiger partial charge in [-0.05, 0) is 25.5 Å². The van der Waals surface area contributed by atoms with E-state index in [0.29, 0.717) is 13.0 Å². The Hall–Kier alpha value is -1.02. The third-order valence-corrected chi connectivity index (χ3v) is 4.43. The van der Waals surface area contributed by atoms with Crippen LogP contribution in [0.1, 0.15) is 13.3 Å². The molecule has 0 amide bonds. The smallest absolute Gasteiger partial charge is 0.242 e. The lowest BCUT2D eigenvalue weighted by Crippen LogP contribution is -2.64. The molecule has 1 heterocycles. The van der Waals surface area contributed by atoms with Gasteiger partial charge in [0.2, 0.25) is 10.0 Å². The maximum atomic E-state index is 12.1. The van der Waals surface area contributed by atoms with Crippen molar-refractivity contribution in [1.29, 1.82) is 0 Å². The van der Waals surface area contributed by atoms with E-state index in [0.717, 1.165) is 0 Å². The molecule has 0 bridgehead atoms. The first-order valence-corrected chi connectivity index (χ1v) is 7.32. The van der Waals surface area contributed by atoms with E-state index < -0.39 is 10.0 Å². The molecule has 1 aliphatic carbocycles. The molecule has 7 heteroatoms. The van der Waals surface area contributed by atoms with Gasteiger partial charge in [0.1, 0.15) is 4.90 Å². The minimum absolute atomic E-state index is 0.138. The van der Waals surface area contributed by atoms with E-state index in [2.05, 4.69) is 9.71 Å². The summed E-state index contributed by atoms with van der Waals surface area (Å²) in [6.07, 6.45) is 3.37. The Bertz CT molecular complexity index is 490. The van der Waals surface area contributed by atoms with Crippen molar-refractivity contribution in [3.8, 4) is 0 Å². The van der Waals surface area contributed by atoms with Crippen LogP contribution in [-0.4, -0.2) is 38.2 Å². The molecular formula is C11H17N3O3S. The molecule has 18 heavy (non-hydrogen) atoms. The second-order valence-corrected chi connectivity index (χ2v) is 5.94. The van der Waals surface area contributed by atoms with Crippen LogP contribution in [0.5, 0.6) is 0 Å². The van der Waals surface area contributed by atoms with Crippen LogP contribution < -0.4 is 10.5 Å². The molecule has 1 aliphatic rings. The summed E-state index contributed by atoms with van der Waals surface area (Å²) >= 11 is 0. The second kappa shape index (κ2) is 5.31. The first-order valence-electron chi connectivity index (χ1n) is 5.84. The Morgan fingerprint density at radius 3 is 2.94 bits per heavy atom. The lowest BCUT2D eigenvalue weighted by Gasteiger charge is -2.42. The van der Waals surface area contributed by atoms with Crippen molar-refractivity contribution in [1.82, 2.24) is 9.71 Å². The van der Waals surface area contributed by atoms with Gasteiger partial charge in [-0.15, -0.1) is 0 Å². The van der Waals surface area contributed by atoms with Gasteiger partial charge in [-0.3, -0.25) is 4.98 Å². The highest BCUT2D eigenvalue weighted by molar-refractivity contribution is 7.89. The van der Waals surface area contributed by atoms with Gasteiger partial charge in [0, 0.05) is 25.0 Å². The SMILES string of the molecule is CCOC1CC(N)C1NS(=O)(=O)c1cccnc1. The van der Waals surface area contributed by atoms with Gasteiger partial charge in [0.05, 0.1) is 12.1 Å². The third kappa shape index (κ3) is 2.69. The monoisotopic (exact) mass is 271 g/mol. The molecule has 1 aromatic rings. The Balaban J connectivity index is 2.09. The number of hydrogen-bond donors (Lipinski definition) is 2. The van der Waals surface area contributed by atoms with Crippen LogP contribution in [0.2, 0.25) is 0 Å². The zero-order chi connectivity index (χ0) is 13.2. The molecule has 3 N–H and O–H groups in total. The van der Waals surface area contributed by atoms with Crippen LogP contribution >= 0.6 is 0 Å². The number of nitrogens with two attached hydrogens (primary N) is 1. The van der Waals surface area contributed by atoms with Gasteiger partial charge in [0.15, 0.2) is 0 Å². The number of aromatic nitrogens is 1. The number of sulfonamides is 1. The molecular weight excluding hydrogens is 254 g/mol. The fraction of sp³-hybridized carbons (Fsp3) is 0.545. The maximum Gasteiger partial charge on any atom is 0.242 e. The average Bonchev–Trinajstić information content (AvgIpc) is 2.37. The van der Waals surface area contributed by atoms with E-state index in [9.17, 15) is 8.42 Å². The summed E-state index contributed by atoms with van der Waals surface area (Å²) in [5, 5.41) is 0. The maximum absolute atomic E-state index is 12.1. The van der Waals surface area contributed by atoms with Crippen molar-refractivity contribution in [2.24, 2.45) is 5.73 Å². The predicted molar refractivity (Wildman–Crippen MR) is 66.4 cm³/mol. The fourth-order valence-electron chi connectivity index (χ4n) is 1.94. The molecule has 1 aromatic heterocycles. The van der Waals surface area contributed by atoms with Crippen LogP contribution in [0.4, 0.5) is 0 Å². The number of pyridine rings is 1. The molecule has 0 saturated heterocycles. The number of nitrogens with zero attached hydrogens (tertiary/aromatic N) is 1. The second-order valence-electron chi connectivity index (χ2n) is 4.23. The topological polar surface area (TPSA) is 94.3 Å². The van der Waals surface area contributed by atoms with Gasteiger partial charge in [-0.2, -0.15) is 0 Å². The zero-order valence-electron chi connectivity index (χ0n) is 10.1. The highest BCUT2D eigenvalue weighted by Gasteiger charge is 2.41. The van der Waals surface area contributed by atoms with Crippen molar-refractivity contribution >= 4 is 10.0 Å². The van der Waals surface area contributed by atoms with Gasteiger partial charge in [-0.25, -0.2) is 13.1 Å². The summed E-state index contributed by atoms with van der Waals surface area (Å²) in [6, 6.07) is 2.51. The first kappa shape index (κ1) is 13.4. The summed E-state index contributed by atoms with van der Waals surface area (Å²) in [7, 11) is -3.58. The fourth-order valence-corrected chi connectivity index (χ4v) is 3.22. The molecule has 100 valence electrons. The van der Waals surface area contributed by atoms with E-state index in [1.54, 1.807) is 6.07 Å². The average molecular weight is 271 g/mol. The number of nitrogens with one attached hydrogen (secondary N) is 1. The zero-order valence-corrected chi connectivity index (χ0v) is 10.9. The van der Waals surface area contributed by atoms with Crippen LogP contribution in [0.3, 0.4) is 0 Å². The molecule has 1 fully saturated rings. The van der Waals surface area contributed by atoms with Crippen LogP contribution in [0, 0.1) is 0 Å². The largest absolute Gasteiger partial charge is 0.377 e. The third-order valence-electron chi connectivity index (χ3n) is 2.98. The van der Waals surface area contributed by atoms with Crippen molar-refractivity contribution in [2.75, 3.05) is 6.61 Å². The highest BCUT2D eigenvalue weighted by atomic mass is 32.2. The molecule has 0 radical (unpaired) electrons. The van der Waals surface area contributed by atoms with E-state index in [-0.39, 0.29) is 23.1 Å². The summed E-state index contributed by atoms with van der Waals surface area (Å²) in [5.41, 5.74) is 5.81. The molecule has 3 atom stereocenters. The van der Waals surface area contributed by atoms with E-state index >= 15 is 0 Å². The normalized spacial score (nSPS) is 27.8. The minimum atomic E-state index is -3.58. The van der Waals surface area contributed by atoms with Gasteiger partial charge in [0.25, 0.3) is 0 Å². The summed E-state index contributed by atoms with van der Waals surface area (Å²) in [4.78, 5) is 3.93. The lowest BCUT2D eigenvalue weighted by atomic mass is 9.84. The Morgan fingerprint density at radius 1 is 1.61 bits per heavy atom. The van der Waals surface area contributed by atoms with Crippen molar-refractivity contribution in [3.63, 3.8) is 0 Å². The van der Waals surface area contributed by atoms with E-state index in [1.165, 1.54) is 18.5 Å². The molecule has 1 saturated carbocycles. The van der Waals surface area contributed by atoms with Crippen LogP contribution in [0.15, 0.2) is 29.4 Å². The molecule has 0 spiro atoms. The number of rotatable bonds is 5. The number of hydrogen-bond acceptors (Lipinski definition) is 5. The quantitative estimate of drug-likeness (QED) is 0.777. The lowest BCUT2D eigenvalue weighted by molar-refractivity contribution is -0.0248. The van der Waals surface area contributed by atoms with E-state index in [1.807, 2.05) is 6.92 Å². The molecule has 2 rings (SSSR count). The number of ether oxygens (including phenoxy) is 1. The Kier molecular flexibility index (Phi) is 3.96. The minimum Gasteiger partial charge on any atom is -0.377 e. The van der Waals surface area contributed by atoms with E-state index in [4.69, 9.17) is 10.5 Å². The summed E-state index contributed by atoms with van der Waals surface area (Å²) < 4.78 is 32.1. The first-order chi connectivity index (χ1) is 8.54. The Morgan fingerprint density at radius 2 is 2.39 bits per heavy atom. The Labute approximate surface area is 107 Å². The highest BCUT2D eigenvalue weighted by Crippen LogP contribution is 2.24. The van der Waals surface area contributed by atoms with Gasteiger partial charge < -0.3 is 10.5 Å². The van der Waals surface area contributed by atoms with Crippen molar-refractivity contribution in [3.05, 3.63) is 24.5 Å². The molecule has 6 nitrogen and oxygen atoms in total.